The topological polar surface area (TPSA) is 61.4 Å². The highest BCUT2D eigenvalue weighted by molar-refractivity contribution is 5.79. The van der Waals surface area contributed by atoms with Gasteiger partial charge in [0.05, 0.1) is 6.04 Å². The number of hydrogen-bond acceptors (Lipinski definition) is 3. The van der Waals surface area contributed by atoms with Crippen molar-refractivity contribution < 1.29 is 14.0 Å². The SMILES string of the molecule is CC(C)C(=O)NC1CC2CCC(C1)N2CCC(NC(=O)C1CCC(C)(F)CC1)c1ccccc1. The number of fused-ring (bicyclic) bond motifs is 2. The number of hydrogen-bond donors (Lipinski definition) is 2. The minimum atomic E-state index is -1.13. The van der Waals surface area contributed by atoms with Gasteiger partial charge in [-0.05, 0) is 70.3 Å². The maximum absolute atomic E-state index is 14.2. The number of benzene rings is 1. The van der Waals surface area contributed by atoms with E-state index in [2.05, 4.69) is 27.7 Å². The monoisotopic (exact) mass is 471 g/mol. The molecule has 2 saturated heterocycles. The van der Waals surface area contributed by atoms with Crippen molar-refractivity contribution in [1.29, 1.82) is 0 Å². The van der Waals surface area contributed by atoms with E-state index in [-0.39, 0.29) is 35.7 Å². The second-order valence-electron chi connectivity index (χ2n) is 11.4. The van der Waals surface area contributed by atoms with E-state index in [1.165, 1.54) is 12.8 Å². The van der Waals surface area contributed by atoms with Gasteiger partial charge < -0.3 is 10.6 Å². The Labute approximate surface area is 204 Å². The van der Waals surface area contributed by atoms with Gasteiger partial charge in [0.2, 0.25) is 11.8 Å². The average molecular weight is 472 g/mol. The zero-order valence-corrected chi connectivity index (χ0v) is 21.1. The van der Waals surface area contributed by atoms with E-state index >= 15 is 0 Å². The lowest BCUT2D eigenvalue weighted by atomic mass is 9.80. The Morgan fingerprint density at radius 1 is 1.06 bits per heavy atom. The summed E-state index contributed by atoms with van der Waals surface area (Å²) in [6.07, 6.45) is 7.44. The summed E-state index contributed by atoms with van der Waals surface area (Å²) in [6.45, 7) is 6.48. The Bertz CT molecular complexity index is 819. The van der Waals surface area contributed by atoms with Crippen LogP contribution in [0, 0.1) is 11.8 Å². The van der Waals surface area contributed by atoms with Crippen LogP contribution in [0.3, 0.4) is 0 Å². The van der Waals surface area contributed by atoms with Gasteiger partial charge in [-0.1, -0.05) is 44.2 Å². The Hall–Kier alpha value is -1.95. The summed E-state index contributed by atoms with van der Waals surface area (Å²) in [4.78, 5) is 27.9. The van der Waals surface area contributed by atoms with Crippen molar-refractivity contribution in [3.8, 4) is 0 Å². The van der Waals surface area contributed by atoms with Gasteiger partial charge in [-0.25, -0.2) is 4.39 Å². The first-order chi connectivity index (χ1) is 16.2. The third-order valence-electron chi connectivity index (χ3n) is 8.35. The van der Waals surface area contributed by atoms with E-state index in [4.69, 9.17) is 0 Å². The average Bonchev–Trinajstić information content (AvgIpc) is 3.04. The number of halogens is 1. The highest BCUT2D eigenvalue weighted by Crippen LogP contribution is 2.37. The van der Waals surface area contributed by atoms with Crippen LogP contribution >= 0.6 is 0 Å². The van der Waals surface area contributed by atoms with Crippen LogP contribution in [0.5, 0.6) is 0 Å². The molecule has 0 radical (unpaired) electrons. The van der Waals surface area contributed by atoms with Crippen LogP contribution in [0.15, 0.2) is 30.3 Å². The molecule has 34 heavy (non-hydrogen) atoms. The van der Waals surface area contributed by atoms with E-state index in [0.717, 1.165) is 31.4 Å². The summed E-state index contributed by atoms with van der Waals surface area (Å²) >= 11 is 0. The van der Waals surface area contributed by atoms with E-state index in [0.29, 0.717) is 37.8 Å². The van der Waals surface area contributed by atoms with Gasteiger partial charge in [0, 0.05) is 36.5 Å². The van der Waals surface area contributed by atoms with E-state index in [1.54, 1.807) is 6.92 Å². The van der Waals surface area contributed by atoms with E-state index in [9.17, 15) is 14.0 Å². The van der Waals surface area contributed by atoms with Crippen molar-refractivity contribution in [2.45, 2.75) is 108 Å². The highest BCUT2D eigenvalue weighted by atomic mass is 19.1. The van der Waals surface area contributed by atoms with Gasteiger partial charge in [0.1, 0.15) is 5.67 Å². The minimum absolute atomic E-state index is 0.0220. The summed E-state index contributed by atoms with van der Waals surface area (Å²) < 4.78 is 14.2. The molecule has 2 N–H and O–H groups in total. The zero-order chi connectivity index (χ0) is 24.3. The van der Waals surface area contributed by atoms with Crippen LogP contribution in [0.2, 0.25) is 0 Å². The first-order valence-electron chi connectivity index (χ1n) is 13.3. The molecule has 1 aromatic carbocycles. The Kier molecular flexibility index (Phi) is 7.96. The van der Waals surface area contributed by atoms with Crippen molar-refractivity contribution in [2.24, 2.45) is 11.8 Å². The number of rotatable bonds is 8. The van der Waals surface area contributed by atoms with Gasteiger partial charge >= 0.3 is 0 Å². The zero-order valence-electron chi connectivity index (χ0n) is 21.1. The Balaban J connectivity index is 1.36. The first-order valence-corrected chi connectivity index (χ1v) is 13.3. The van der Waals surface area contributed by atoms with Gasteiger partial charge in [-0.2, -0.15) is 0 Å². The smallest absolute Gasteiger partial charge is 0.223 e. The molecule has 3 fully saturated rings. The molecule has 2 aliphatic heterocycles. The summed E-state index contributed by atoms with van der Waals surface area (Å²) in [5.74, 6) is 0.156. The normalized spacial score (nSPS) is 32.4. The van der Waals surface area contributed by atoms with Gasteiger partial charge in [0.25, 0.3) is 0 Å². The molecule has 2 heterocycles. The molecule has 188 valence electrons. The van der Waals surface area contributed by atoms with Crippen LogP contribution in [0.4, 0.5) is 4.39 Å². The maximum Gasteiger partial charge on any atom is 0.223 e. The fourth-order valence-corrected chi connectivity index (χ4v) is 6.18. The molecule has 2 bridgehead atoms. The molecule has 0 aromatic heterocycles. The quantitative estimate of drug-likeness (QED) is 0.566. The van der Waals surface area contributed by atoms with Crippen LogP contribution in [0.1, 0.15) is 90.2 Å². The molecular weight excluding hydrogens is 429 g/mol. The molecule has 0 spiro atoms. The van der Waals surface area contributed by atoms with Crippen molar-refractivity contribution in [3.63, 3.8) is 0 Å². The van der Waals surface area contributed by atoms with Crippen molar-refractivity contribution in [2.75, 3.05) is 6.54 Å². The predicted molar refractivity (Wildman–Crippen MR) is 133 cm³/mol. The molecule has 1 aromatic rings. The number of amides is 2. The molecule has 4 rings (SSSR count). The molecule has 3 unspecified atom stereocenters. The maximum atomic E-state index is 14.2. The minimum Gasteiger partial charge on any atom is -0.353 e. The summed E-state index contributed by atoms with van der Waals surface area (Å²) in [6, 6.07) is 11.5. The molecule has 3 atom stereocenters. The molecule has 5 nitrogen and oxygen atoms in total. The number of alkyl halides is 1. The third kappa shape index (κ3) is 6.18. The highest BCUT2D eigenvalue weighted by Gasteiger charge is 2.41. The second-order valence-corrected chi connectivity index (χ2v) is 11.4. The number of nitrogens with one attached hydrogen (secondary N) is 2. The molecule has 2 amide bonds. The fraction of sp³-hybridized carbons (Fsp3) is 0.714. The van der Waals surface area contributed by atoms with Crippen LogP contribution in [-0.2, 0) is 9.59 Å². The number of carbonyl (C=O) groups is 2. The number of carbonyl (C=O) groups excluding carboxylic acids is 2. The second kappa shape index (κ2) is 10.8. The third-order valence-corrected chi connectivity index (χ3v) is 8.35. The lowest BCUT2D eigenvalue weighted by molar-refractivity contribution is -0.127. The van der Waals surface area contributed by atoms with Crippen LogP contribution in [-0.4, -0.2) is 47.1 Å². The van der Waals surface area contributed by atoms with Gasteiger partial charge in [-0.15, -0.1) is 0 Å². The molecular formula is C28H42FN3O2. The largest absolute Gasteiger partial charge is 0.353 e. The fourth-order valence-electron chi connectivity index (χ4n) is 6.18. The molecule has 1 aliphatic carbocycles. The summed E-state index contributed by atoms with van der Waals surface area (Å²) in [7, 11) is 0. The molecule has 6 heteroatoms. The lowest BCUT2D eigenvalue weighted by Crippen LogP contribution is -2.51. The standard InChI is InChI=1S/C28H42FN3O2/c1-19(2)26(33)30-22-17-23-9-10-24(18-22)32(23)16-13-25(20-7-5-4-6-8-20)31-27(34)21-11-14-28(3,29)15-12-21/h4-8,19,21-25H,9-18H2,1-3H3,(H,30,33)(H,31,34). The van der Waals surface area contributed by atoms with Gasteiger partial charge in [-0.3, -0.25) is 14.5 Å². The van der Waals surface area contributed by atoms with E-state index in [1.807, 2.05) is 32.0 Å². The van der Waals surface area contributed by atoms with Crippen LogP contribution < -0.4 is 10.6 Å². The first kappa shape index (κ1) is 25.2. The molecule has 1 saturated carbocycles. The number of nitrogens with zero attached hydrogens (tertiary/aromatic N) is 1. The molecule has 3 aliphatic rings. The summed E-state index contributed by atoms with van der Waals surface area (Å²) in [5.41, 5.74) is 0.00348. The lowest BCUT2D eigenvalue weighted by Gasteiger charge is -2.40. The van der Waals surface area contributed by atoms with E-state index < -0.39 is 5.67 Å². The Morgan fingerprint density at radius 3 is 2.26 bits per heavy atom. The van der Waals surface area contributed by atoms with Crippen molar-refractivity contribution in [3.05, 3.63) is 35.9 Å². The Morgan fingerprint density at radius 2 is 1.68 bits per heavy atom. The van der Waals surface area contributed by atoms with Crippen LogP contribution in [0.25, 0.3) is 0 Å². The van der Waals surface area contributed by atoms with Crippen molar-refractivity contribution >= 4 is 11.8 Å². The number of piperidine rings is 1. The van der Waals surface area contributed by atoms with Gasteiger partial charge in [0.15, 0.2) is 0 Å². The summed E-state index contributed by atoms with van der Waals surface area (Å²) in [5, 5.41) is 6.57. The predicted octanol–water partition coefficient (Wildman–Crippen LogP) is 4.92. The van der Waals surface area contributed by atoms with Crippen molar-refractivity contribution in [1.82, 2.24) is 15.5 Å².